The Kier molecular flexibility index (Phi) is 5.85. The third kappa shape index (κ3) is 4.14. The van der Waals surface area contributed by atoms with Gasteiger partial charge in [0.25, 0.3) is 5.70 Å². The molecule has 0 atom stereocenters. The van der Waals surface area contributed by atoms with Crippen molar-refractivity contribution in [2.45, 2.75) is 39.2 Å². The van der Waals surface area contributed by atoms with E-state index in [-0.39, 0.29) is 10.6 Å². The molecule has 102 valence electrons. The van der Waals surface area contributed by atoms with Gasteiger partial charge >= 0.3 is 0 Å². The number of piperidine rings is 1. The highest BCUT2D eigenvalue weighted by Crippen LogP contribution is 2.16. The maximum absolute atomic E-state index is 11.1. The van der Waals surface area contributed by atoms with Gasteiger partial charge in [-0.15, -0.1) is 0 Å². The van der Waals surface area contributed by atoms with Gasteiger partial charge in [-0.1, -0.05) is 13.0 Å². The molecule has 0 radical (unpaired) electrons. The number of hydrogen-bond acceptors (Lipinski definition) is 4. The van der Waals surface area contributed by atoms with Gasteiger partial charge in [0.2, 0.25) is 0 Å². The molecule has 1 rings (SSSR count). The predicted molar refractivity (Wildman–Crippen MR) is 72.8 cm³/mol. The van der Waals surface area contributed by atoms with Crippen LogP contribution in [0, 0.1) is 10.1 Å². The number of hydrogen-bond donors (Lipinski definition) is 1. The van der Waals surface area contributed by atoms with E-state index in [1.165, 1.54) is 0 Å². The molecule has 0 aromatic heterocycles. The fourth-order valence-corrected chi connectivity index (χ4v) is 2.22. The molecule has 0 amide bonds. The van der Waals surface area contributed by atoms with E-state index in [1.807, 2.05) is 24.9 Å². The molecule has 1 saturated heterocycles. The van der Waals surface area contributed by atoms with Gasteiger partial charge in [-0.3, -0.25) is 10.1 Å². The van der Waals surface area contributed by atoms with Crippen LogP contribution in [0.1, 0.15) is 33.1 Å². The van der Waals surface area contributed by atoms with Gasteiger partial charge in [-0.2, -0.15) is 0 Å². The van der Waals surface area contributed by atoms with Crippen LogP contribution >= 0.6 is 0 Å². The molecule has 0 unspecified atom stereocenters. The van der Waals surface area contributed by atoms with E-state index in [1.54, 1.807) is 13.1 Å². The fraction of sp³-hybridized carbons (Fsp3) is 0.692. The van der Waals surface area contributed by atoms with Crippen molar-refractivity contribution in [1.82, 2.24) is 10.2 Å². The first-order valence-electron chi connectivity index (χ1n) is 6.52. The summed E-state index contributed by atoms with van der Waals surface area (Å²) < 4.78 is 0. The average Bonchev–Trinajstić information content (AvgIpc) is 2.36. The van der Waals surface area contributed by atoms with E-state index < -0.39 is 0 Å². The van der Waals surface area contributed by atoms with E-state index >= 15 is 0 Å². The van der Waals surface area contributed by atoms with Crippen LogP contribution in [0.15, 0.2) is 23.5 Å². The smallest absolute Gasteiger partial charge is 0.287 e. The van der Waals surface area contributed by atoms with Gasteiger partial charge in [0.15, 0.2) is 0 Å². The van der Waals surface area contributed by atoms with Gasteiger partial charge < -0.3 is 10.2 Å². The number of allylic oxidation sites excluding steroid dienone is 2. The van der Waals surface area contributed by atoms with Crippen LogP contribution in [0.3, 0.4) is 0 Å². The lowest BCUT2D eigenvalue weighted by Gasteiger charge is -2.30. The minimum absolute atomic E-state index is 0.206. The molecule has 5 nitrogen and oxygen atoms in total. The van der Waals surface area contributed by atoms with Crippen LogP contribution < -0.4 is 5.32 Å². The first-order chi connectivity index (χ1) is 8.56. The highest BCUT2D eigenvalue weighted by atomic mass is 16.6. The van der Waals surface area contributed by atoms with Crippen LogP contribution in [-0.2, 0) is 0 Å². The van der Waals surface area contributed by atoms with E-state index in [2.05, 4.69) is 5.32 Å². The maximum atomic E-state index is 11.1. The SMILES string of the molecule is CC/C=C(C)/C(=C\N(C)C1CCNCC1)[N+](=O)[O-]. The fourth-order valence-electron chi connectivity index (χ4n) is 2.22. The summed E-state index contributed by atoms with van der Waals surface area (Å²) in [5.74, 6) is 0. The molecule has 0 aromatic carbocycles. The summed E-state index contributed by atoms with van der Waals surface area (Å²) in [6.07, 6.45) is 6.46. The topological polar surface area (TPSA) is 58.4 Å². The molecular weight excluding hydrogens is 230 g/mol. The van der Waals surface area contributed by atoms with E-state index in [9.17, 15) is 10.1 Å². The van der Waals surface area contributed by atoms with Gasteiger partial charge in [0.05, 0.1) is 11.1 Å². The lowest BCUT2D eigenvalue weighted by Crippen LogP contribution is -2.39. The van der Waals surface area contributed by atoms with Crippen LogP contribution in [0.5, 0.6) is 0 Å². The molecule has 18 heavy (non-hydrogen) atoms. The molecular formula is C13H23N3O2. The molecule has 1 aliphatic heterocycles. The lowest BCUT2D eigenvalue weighted by molar-refractivity contribution is -0.421. The number of nitro groups is 1. The van der Waals surface area contributed by atoms with Crippen molar-refractivity contribution in [3.63, 3.8) is 0 Å². The van der Waals surface area contributed by atoms with Crippen molar-refractivity contribution in [1.29, 1.82) is 0 Å². The van der Waals surface area contributed by atoms with E-state index in [0.717, 1.165) is 37.9 Å². The second-order valence-corrected chi connectivity index (χ2v) is 4.71. The van der Waals surface area contributed by atoms with Gasteiger partial charge in [0, 0.05) is 18.7 Å². The summed E-state index contributed by atoms with van der Waals surface area (Å²) in [6.45, 7) is 5.76. The zero-order valence-electron chi connectivity index (χ0n) is 11.5. The van der Waals surface area contributed by atoms with Crippen LogP contribution in [0.4, 0.5) is 0 Å². The van der Waals surface area contributed by atoms with Crippen LogP contribution in [0.2, 0.25) is 0 Å². The van der Waals surface area contributed by atoms with Gasteiger partial charge in [-0.05, 0) is 39.3 Å². The molecule has 0 aromatic rings. The monoisotopic (exact) mass is 253 g/mol. The van der Waals surface area contributed by atoms with E-state index in [0.29, 0.717) is 6.04 Å². The average molecular weight is 253 g/mol. The van der Waals surface area contributed by atoms with E-state index in [4.69, 9.17) is 0 Å². The molecule has 1 N–H and O–H groups in total. The zero-order chi connectivity index (χ0) is 13.5. The Hall–Kier alpha value is -1.36. The van der Waals surface area contributed by atoms with Gasteiger partial charge in [-0.25, -0.2) is 0 Å². The molecule has 1 heterocycles. The highest BCUT2D eigenvalue weighted by Gasteiger charge is 2.20. The Morgan fingerprint density at radius 3 is 2.61 bits per heavy atom. The van der Waals surface area contributed by atoms with Crippen molar-refractivity contribution >= 4 is 0 Å². The summed E-state index contributed by atoms with van der Waals surface area (Å²) in [5, 5.41) is 14.4. The van der Waals surface area contributed by atoms with Crippen molar-refractivity contribution in [3.05, 3.63) is 33.7 Å². The standard InChI is InChI=1S/C13H23N3O2/c1-4-5-11(2)13(16(17)18)10-15(3)12-6-8-14-9-7-12/h5,10,12,14H,4,6-9H2,1-3H3/b11-5+,13-10+. The third-order valence-corrected chi connectivity index (χ3v) is 3.32. The molecule has 1 aliphatic rings. The quantitative estimate of drug-likeness (QED) is 0.463. The summed E-state index contributed by atoms with van der Waals surface area (Å²) in [7, 11) is 1.93. The Balaban J connectivity index is 2.80. The molecule has 0 saturated carbocycles. The predicted octanol–water partition coefficient (Wildman–Crippen LogP) is 2.14. The van der Waals surface area contributed by atoms with Crippen LogP contribution in [0.25, 0.3) is 0 Å². The van der Waals surface area contributed by atoms with Crippen LogP contribution in [-0.4, -0.2) is 36.0 Å². The second kappa shape index (κ2) is 7.16. The Morgan fingerprint density at radius 2 is 2.11 bits per heavy atom. The first-order valence-corrected chi connectivity index (χ1v) is 6.52. The number of nitrogens with one attached hydrogen (secondary N) is 1. The molecule has 1 fully saturated rings. The van der Waals surface area contributed by atoms with Crippen molar-refractivity contribution in [3.8, 4) is 0 Å². The molecule has 0 aliphatic carbocycles. The summed E-state index contributed by atoms with van der Waals surface area (Å²) in [5.41, 5.74) is 0.946. The van der Waals surface area contributed by atoms with Crippen molar-refractivity contribution < 1.29 is 4.92 Å². The summed E-state index contributed by atoms with van der Waals surface area (Å²) in [6, 6.07) is 0.399. The first kappa shape index (κ1) is 14.7. The molecule has 0 spiro atoms. The Morgan fingerprint density at radius 1 is 1.50 bits per heavy atom. The maximum Gasteiger partial charge on any atom is 0.287 e. The minimum atomic E-state index is -0.293. The lowest BCUT2D eigenvalue weighted by atomic mass is 10.1. The Bertz CT molecular complexity index is 344. The number of nitrogens with zero attached hydrogens (tertiary/aromatic N) is 2. The normalized spacial score (nSPS) is 18.8. The second-order valence-electron chi connectivity index (χ2n) is 4.71. The molecule has 0 bridgehead atoms. The third-order valence-electron chi connectivity index (χ3n) is 3.32. The summed E-state index contributed by atoms with van der Waals surface area (Å²) in [4.78, 5) is 12.8. The van der Waals surface area contributed by atoms with Crippen molar-refractivity contribution in [2.75, 3.05) is 20.1 Å². The van der Waals surface area contributed by atoms with Gasteiger partial charge in [0.1, 0.15) is 0 Å². The summed E-state index contributed by atoms with van der Waals surface area (Å²) >= 11 is 0. The van der Waals surface area contributed by atoms with Crippen molar-refractivity contribution in [2.24, 2.45) is 0 Å². The minimum Gasteiger partial charge on any atom is -0.372 e. The Labute approximate surface area is 109 Å². The zero-order valence-corrected chi connectivity index (χ0v) is 11.5. The largest absolute Gasteiger partial charge is 0.372 e. The highest BCUT2D eigenvalue weighted by molar-refractivity contribution is 5.22. The number of rotatable bonds is 5. The molecule has 5 heteroatoms.